The van der Waals surface area contributed by atoms with Gasteiger partial charge >= 0.3 is 0 Å². The molecule has 12 nitrogen and oxygen atoms in total. The third-order valence-electron chi connectivity index (χ3n) is 6.13. The van der Waals surface area contributed by atoms with Crippen molar-refractivity contribution in [3.05, 3.63) is 30.3 Å². The van der Waals surface area contributed by atoms with Crippen LogP contribution in [0.15, 0.2) is 30.3 Å². The first-order valence-electron chi connectivity index (χ1n) is 13.0. The maximum Gasteiger partial charge on any atom is 0.258 e. The van der Waals surface area contributed by atoms with Crippen molar-refractivity contribution in [2.75, 3.05) is 65.8 Å². The molecule has 0 spiro atoms. The molecule has 0 unspecified atom stereocenters. The molecule has 1 aromatic carbocycles. The van der Waals surface area contributed by atoms with E-state index in [4.69, 9.17) is 14.2 Å². The fourth-order valence-corrected chi connectivity index (χ4v) is 4.38. The molecule has 210 valence electrons. The highest BCUT2D eigenvalue weighted by Crippen LogP contribution is 2.19. The van der Waals surface area contributed by atoms with E-state index in [1.807, 2.05) is 32.0 Å². The van der Waals surface area contributed by atoms with E-state index in [2.05, 4.69) is 16.0 Å². The molecule has 2 fully saturated rings. The van der Waals surface area contributed by atoms with Crippen molar-refractivity contribution in [2.24, 2.45) is 0 Å². The number of carbonyl (C=O) groups is 4. The molecule has 0 aromatic heterocycles. The van der Waals surface area contributed by atoms with Crippen molar-refractivity contribution in [3.8, 4) is 5.75 Å². The van der Waals surface area contributed by atoms with Crippen LogP contribution in [0.3, 0.4) is 0 Å². The van der Waals surface area contributed by atoms with E-state index in [-0.39, 0.29) is 81.8 Å². The Morgan fingerprint density at radius 3 is 2.63 bits per heavy atom. The summed E-state index contributed by atoms with van der Waals surface area (Å²) in [6.45, 7) is 5.07. The average Bonchev–Trinajstić information content (AvgIpc) is 3.31. The molecule has 3 rings (SSSR count). The molecule has 1 aromatic rings. The van der Waals surface area contributed by atoms with Crippen LogP contribution in [0.4, 0.5) is 0 Å². The third kappa shape index (κ3) is 9.58. The molecule has 2 aliphatic heterocycles. The predicted octanol–water partition coefficient (Wildman–Crippen LogP) is -0.859. The van der Waals surface area contributed by atoms with Gasteiger partial charge in [-0.3, -0.25) is 19.2 Å². The largest absolute Gasteiger partial charge is 0.484 e. The second kappa shape index (κ2) is 15.3. The zero-order chi connectivity index (χ0) is 27.3. The van der Waals surface area contributed by atoms with Crippen molar-refractivity contribution in [2.45, 2.75) is 38.4 Å². The second-order valence-corrected chi connectivity index (χ2v) is 9.54. The molecule has 2 atom stereocenters. The maximum atomic E-state index is 13.4. The summed E-state index contributed by atoms with van der Waals surface area (Å²) in [5, 5.41) is 8.95. The van der Waals surface area contributed by atoms with Gasteiger partial charge in [-0.05, 0) is 18.6 Å². The van der Waals surface area contributed by atoms with Crippen molar-refractivity contribution < 1.29 is 33.4 Å². The lowest BCUT2D eigenvalue weighted by atomic mass is 10.1. The van der Waals surface area contributed by atoms with Crippen LogP contribution < -0.4 is 20.7 Å². The average molecular weight is 534 g/mol. The van der Waals surface area contributed by atoms with E-state index >= 15 is 0 Å². The van der Waals surface area contributed by atoms with Crippen molar-refractivity contribution in [1.82, 2.24) is 25.8 Å². The highest BCUT2D eigenvalue weighted by molar-refractivity contribution is 5.91. The molecule has 2 saturated heterocycles. The molecular weight excluding hydrogens is 494 g/mol. The Bertz CT molecular complexity index is 930. The number of para-hydroxylation sites is 1. The lowest BCUT2D eigenvalue weighted by Crippen LogP contribution is -2.51. The first-order chi connectivity index (χ1) is 18.3. The Hall–Kier alpha value is -3.22. The number of nitrogens with zero attached hydrogens (tertiary/aromatic N) is 2. The molecule has 0 radical (unpaired) electrons. The molecule has 0 saturated carbocycles. The van der Waals surface area contributed by atoms with Crippen LogP contribution in [-0.4, -0.2) is 117 Å². The van der Waals surface area contributed by atoms with Gasteiger partial charge < -0.3 is 40.0 Å². The lowest BCUT2D eigenvalue weighted by Gasteiger charge is -2.28. The van der Waals surface area contributed by atoms with Gasteiger partial charge in [0, 0.05) is 38.3 Å². The summed E-state index contributed by atoms with van der Waals surface area (Å²) in [6, 6.07) is 8.46. The van der Waals surface area contributed by atoms with Crippen LogP contribution in [-0.2, 0) is 28.7 Å². The Labute approximate surface area is 223 Å². The van der Waals surface area contributed by atoms with Gasteiger partial charge in [0.2, 0.25) is 17.7 Å². The molecule has 3 N–H and O–H groups in total. The van der Waals surface area contributed by atoms with Crippen molar-refractivity contribution in [1.29, 1.82) is 0 Å². The number of benzene rings is 1. The van der Waals surface area contributed by atoms with Gasteiger partial charge in [-0.15, -0.1) is 0 Å². The summed E-state index contributed by atoms with van der Waals surface area (Å²) in [6.07, 6.45) is 0.477. The minimum absolute atomic E-state index is 0.0405. The first-order valence-corrected chi connectivity index (χ1v) is 13.0. The smallest absolute Gasteiger partial charge is 0.258 e. The lowest BCUT2D eigenvalue weighted by molar-refractivity contribution is -0.145. The number of amides is 4. The second-order valence-electron chi connectivity index (χ2n) is 9.54. The van der Waals surface area contributed by atoms with Gasteiger partial charge in [0.25, 0.3) is 5.91 Å². The zero-order valence-electron chi connectivity index (χ0n) is 22.1. The van der Waals surface area contributed by atoms with E-state index in [9.17, 15) is 19.2 Å². The van der Waals surface area contributed by atoms with Crippen LogP contribution in [0.25, 0.3) is 0 Å². The Morgan fingerprint density at radius 1 is 1.11 bits per heavy atom. The fraction of sp³-hybridized carbons (Fsp3) is 0.615. The van der Waals surface area contributed by atoms with Gasteiger partial charge in [0.05, 0.1) is 26.4 Å². The minimum Gasteiger partial charge on any atom is -0.484 e. The van der Waals surface area contributed by atoms with E-state index in [1.54, 1.807) is 12.1 Å². The summed E-state index contributed by atoms with van der Waals surface area (Å²) < 4.78 is 16.3. The van der Waals surface area contributed by atoms with Gasteiger partial charge in [-0.25, -0.2) is 0 Å². The molecular formula is C26H39N5O7. The van der Waals surface area contributed by atoms with E-state index in [0.717, 1.165) is 0 Å². The number of fused-ring (bicyclic) bond motifs is 1. The standard InChI is InChI=1S/C26H39N5O7/c1-19(2)29-20-14-22-26(35)28-9-11-36-12-13-37-18-25(34)30(16-24(33)31(22)15-20)10-8-27-23(32)17-38-21-6-4-3-5-7-21/h3-7,19-20,22,29H,8-18H2,1-2H3,(H,27,32)(H,28,35)/t20-,22-/m0/s1. The highest BCUT2D eigenvalue weighted by Gasteiger charge is 2.40. The first kappa shape index (κ1) is 29.3. The van der Waals surface area contributed by atoms with Gasteiger partial charge in [0.15, 0.2) is 6.61 Å². The molecule has 38 heavy (non-hydrogen) atoms. The van der Waals surface area contributed by atoms with E-state index in [0.29, 0.717) is 31.9 Å². The molecule has 12 heteroatoms. The normalized spacial score (nSPS) is 21.9. The molecule has 2 aliphatic rings. The van der Waals surface area contributed by atoms with Gasteiger partial charge in [-0.2, -0.15) is 0 Å². The number of rotatable bonds is 8. The topological polar surface area (TPSA) is 139 Å². The van der Waals surface area contributed by atoms with E-state index in [1.165, 1.54) is 9.80 Å². The molecule has 4 amide bonds. The third-order valence-corrected chi connectivity index (χ3v) is 6.13. The number of nitrogens with one attached hydrogen (secondary N) is 3. The van der Waals surface area contributed by atoms with Crippen LogP contribution in [0, 0.1) is 0 Å². The molecule has 0 bridgehead atoms. The Balaban J connectivity index is 1.62. The molecule has 0 aliphatic carbocycles. The monoisotopic (exact) mass is 533 g/mol. The van der Waals surface area contributed by atoms with Crippen molar-refractivity contribution in [3.63, 3.8) is 0 Å². The number of hydrogen-bond acceptors (Lipinski definition) is 8. The summed E-state index contributed by atoms with van der Waals surface area (Å²) in [4.78, 5) is 54.3. The number of carbonyl (C=O) groups excluding carboxylic acids is 4. The molecule has 2 heterocycles. The van der Waals surface area contributed by atoms with Crippen LogP contribution >= 0.6 is 0 Å². The number of hydrogen-bond donors (Lipinski definition) is 3. The zero-order valence-corrected chi connectivity index (χ0v) is 22.1. The SMILES string of the molecule is CC(C)N[C@H]1C[C@H]2C(=O)NCCOCCOCC(=O)N(CCNC(=O)COc3ccccc3)CC(=O)N2C1. The summed E-state index contributed by atoms with van der Waals surface area (Å²) in [5.74, 6) is -0.746. The highest BCUT2D eigenvalue weighted by atomic mass is 16.5. The Morgan fingerprint density at radius 2 is 1.87 bits per heavy atom. The summed E-state index contributed by atoms with van der Waals surface area (Å²) >= 11 is 0. The van der Waals surface area contributed by atoms with Crippen LogP contribution in [0.5, 0.6) is 5.75 Å². The summed E-state index contributed by atoms with van der Waals surface area (Å²) in [7, 11) is 0. The van der Waals surface area contributed by atoms with E-state index < -0.39 is 6.04 Å². The van der Waals surface area contributed by atoms with Gasteiger partial charge in [-0.1, -0.05) is 32.0 Å². The predicted molar refractivity (Wildman–Crippen MR) is 138 cm³/mol. The fourth-order valence-electron chi connectivity index (χ4n) is 4.38. The van der Waals surface area contributed by atoms with Crippen molar-refractivity contribution >= 4 is 23.6 Å². The minimum atomic E-state index is -0.646. The number of ether oxygens (including phenoxy) is 3. The van der Waals surface area contributed by atoms with Crippen LogP contribution in [0.1, 0.15) is 20.3 Å². The summed E-state index contributed by atoms with van der Waals surface area (Å²) in [5.41, 5.74) is 0. The maximum absolute atomic E-state index is 13.4. The van der Waals surface area contributed by atoms with Gasteiger partial charge in [0.1, 0.15) is 18.4 Å². The Kier molecular flexibility index (Phi) is 11.8. The van der Waals surface area contributed by atoms with Crippen LogP contribution in [0.2, 0.25) is 0 Å². The quantitative estimate of drug-likeness (QED) is 0.393.